The van der Waals surface area contributed by atoms with Crippen molar-refractivity contribution in [3.05, 3.63) is 88.2 Å². The maximum Gasteiger partial charge on any atom is 0.232 e. The number of carbonyl (C=O) groups excluding carboxylic acids is 1. The fourth-order valence-corrected chi connectivity index (χ4v) is 3.47. The van der Waals surface area contributed by atoms with Gasteiger partial charge in [-0.25, -0.2) is 8.78 Å². The van der Waals surface area contributed by atoms with Crippen LogP contribution in [-0.2, 0) is 6.61 Å². The highest BCUT2D eigenvalue weighted by Gasteiger charge is 2.30. The molecule has 0 radical (unpaired) electrons. The molecule has 0 saturated carbocycles. The molecule has 4 rings (SSSR count). The Labute approximate surface area is 183 Å². The molecule has 0 aliphatic carbocycles. The number of aryl methyl sites for hydroxylation is 1. The lowest BCUT2D eigenvalue weighted by Gasteiger charge is -2.10. The quantitative estimate of drug-likeness (QED) is 0.477. The largest absolute Gasteiger partial charge is 0.497 e. The number of methoxy groups -OCH3 is 2. The Bertz CT molecular complexity index is 1210. The molecule has 0 N–H and O–H groups in total. The highest BCUT2D eigenvalue weighted by Crippen LogP contribution is 2.38. The van der Waals surface area contributed by atoms with Crippen LogP contribution in [0.5, 0.6) is 23.0 Å². The van der Waals surface area contributed by atoms with Crippen molar-refractivity contribution in [2.45, 2.75) is 13.5 Å². The van der Waals surface area contributed by atoms with Gasteiger partial charge in [-0.1, -0.05) is 6.07 Å². The molecule has 0 bridgehead atoms. The van der Waals surface area contributed by atoms with Crippen LogP contribution in [0.1, 0.15) is 27.0 Å². The van der Waals surface area contributed by atoms with Crippen molar-refractivity contribution in [1.82, 2.24) is 0 Å². The second kappa shape index (κ2) is 8.70. The first-order valence-corrected chi connectivity index (χ1v) is 9.78. The van der Waals surface area contributed by atoms with E-state index in [2.05, 4.69) is 0 Å². The van der Waals surface area contributed by atoms with Gasteiger partial charge in [0.1, 0.15) is 41.2 Å². The van der Waals surface area contributed by atoms with Gasteiger partial charge >= 0.3 is 0 Å². The molecule has 0 aromatic heterocycles. The smallest absolute Gasteiger partial charge is 0.232 e. The minimum atomic E-state index is -0.687. The zero-order chi connectivity index (χ0) is 22.8. The molecule has 1 aliphatic rings. The van der Waals surface area contributed by atoms with Gasteiger partial charge in [0.25, 0.3) is 0 Å². The van der Waals surface area contributed by atoms with Crippen LogP contribution in [0.3, 0.4) is 0 Å². The first-order chi connectivity index (χ1) is 15.4. The number of hydrogen-bond acceptors (Lipinski definition) is 5. The Balaban J connectivity index is 1.60. The van der Waals surface area contributed by atoms with Gasteiger partial charge in [-0.15, -0.1) is 0 Å². The van der Waals surface area contributed by atoms with Gasteiger partial charge in [0.2, 0.25) is 5.78 Å². The lowest BCUT2D eigenvalue weighted by atomic mass is 10.0. The summed E-state index contributed by atoms with van der Waals surface area (Å²) in [4.78, 5) is 12.9. The van der Waals surface area contributed by atoms with Crippen LogP contribution >= 0.6 is 0 Å². The molecule has 3 aromatic rings. The normalized spacial score (nSPS) is 13.7. The first kappa shape index (κ1) is 21.4. The van der Waals surface area contributed by atoms with Crippen molar-refractivity contribution in [2.24, 2.45) is 0 Å². The Kier molecular flexibility index (Phi) is 5.81. The predicted octanol–water partition coefficient (Wildman–Crippen LogP) is 5.49. The molecule has 7 heteroatoms. The van der Waals surface area contributed by atoms with Crippen molar-refractivity contribution in [2.75, 3.05) is 14.2 Å². The van der Waals surface area contributed by atoms with E-state index in [1.165, 1.54) is 31.4 Å². The van der Waals surface area contributed by atoms with Crippen LogP contribution in [0.2, 0.25) is 0 Å². The van der Waals surface area contributed by atoms with Crippen molar-refractivity contribution >= 4 is 11.9 Å². The van der Waals surface area contributed by atoms with Gasteiger partial charge in [-0.3, -0.25) is 4.79 Å². The van der Waals surface area contributed by atoms with Gasteiger partial charge in [-0.2, -0.15) is 0 Å². The summed E-state index contributed by atoms with van der Waals surface area (Å²) in [5.74, 6) is 0.274. The third kappa shape index (κ3) is 4.01. The number of hydrogen-bond donors (Lipinski definition) is 0. The summed E-state index contributed by atoms with van der Waals surface area (Å²) in [6.45, 7) is 1.45. The van der Waals surface area contributed by atoms with Crippen LogP contribution in [-0.4, -0.2) is 20.0 Å². The molecule has 5 nitrogen and oxygen atoms in total. The van der Waals surface area contributed by atoms with Gasteiger partial charge in [0.15, 0.2) is 5.76 Å². The topological polar surface area (TPSA) is 54.0 Å². The van der Waals surface area contributed by atoms with E-state index >= 15 is 0 Å². The van der Waals surface area contributed by atoms with Crippen molar-refractivity contribution < 1.29 is 32.5 Å². The number of rotatable bonds is 6. The minimum Gasteiger partial charge on any atom is -0.497 e. The molecule has 0 unspecified atom stereocenters. The average Bonchev–Trinajstić information content (AvgIpc) is 3.09. The number of ketones is 1. The van der Waals surface area contributed by atoms with E-state index in [9.17, 15) is 13.6 Å². The molecule has 0 saturated heterocycles. The molecule has 3 aromatic carbocycles. The van der Waals surface area contributed by atoms with Crippen LogP contribution < -0.4 is 18.9 Å². The van der Waals surface area contributed by atoms with Gasteiger partial charge in [-0.05, 0) is 48.9 Å². The number of carbonyl (C=O) groups is 1. The molecule has 0 amide bonds. The summed E-state index contributed by atoms with van der Waals surface area (Å²) >= 11 is 0. The summed E-state index contributed by atoms with van der Waals surface area (Å²) in [5, 5.41) is 0. The zero-order valence-electron chi connectivity index (χ0n) is 17.7. The number of allylic oxidation sites excluding steroid dienone is 1. The van der Waals surface area contributed by atoms with E-state index in [-0.39, 0.29) is 23.7 Å². The summed E-state index contributed by atoms with van der Waals surface area (Å²) in [7, 11) is 3.07. The summed E-state index contributed by atoms with van der Waals surface area (Å²) in [6.07, 6.45) is 1.59. The summed E-state index contributed by atoms with van der Waals surface area (Å²) in [6, 6.07) is 12.0. The van der Waals surface area contributed by atoms with E-state index in [0.717, 1.165) is 0 Å². The number of halogens is 2. The monoisotopic (exact) mass is 438 g/mol. The zero-order valence-corrected chi connectivity index (χ0v) is 17.7. The number of fused-ring (bicyclic) bond motifs is 1. The van der Waals surface area contributed by atoms with Gasteiger partial charge < -0.3 is 18.9 Å². The predicted molar refractivity (Wildman–Crippen MR) is 114 cm³/mol. The molecule has 0 fully saturated rings. The standard InChI is InChI=1S/C25H20F2O5/c1-14-9-17(31-13-18-19(26)5-4-6-20(18)27)12-22-24(14)25(28)23(32-22)10-15-7-8-16(29-2)11-21(15)30-3/h4-12H,13H2,1-3H3/b23-10-. The van der Waals surface area contributed by atoms with Gasteiger partial charge in [0, 0.05) is 17.7 Å². The van der Waals surface area contributed by atoms with Crippen LogP contribution in [0.25, 0.3) is 6.08 Å². The SMILES string of the molecule is COc1ccc(/C=C2\Oc3cc(OCc4c(F)cccc4F)cc(C)c3C2=O)c(OC)c1. The average molecular weight is 438 g/mol. The second-order valence-corrected chi connectivity index (χ2v) is 7.15. The van der Waals surface area contributed by atoms with Crippen molar-refractivity contribution in [3.63, 3.8) is 0 Å². The van der Waals surface area contributed by atoms with Gasteiger partial charge in [0.05, 0.1) is 25.3 Å². The van der Waals surface area contributed by atoms with E-state index in [4.69, 9.17) is 18.9 Å². The molecule has 1 aliphatic heterocycles. The first-order valence-electron chi connectivity index (χ1n) is 9.78. The Morgan fingerprint density at radius 2 is 1.72 bits per heavy atom. The van der Waals surface area contributed by atoms with E-state index in [1.807, 2.05) is 0 Å². The Hall–Kier alpha value is -3.87. The fourth-order valence-electron chi connectivity index (χ4n) is 3.47. The summed E-state index contributed by atoms with van der Waals surface area (Å²) < 4.78 is 49.7. The lowest BCUT2D eigenvalue weighted by molar-refractivity contribution is 0.101. The minimum absolute atomic E-state index is 0.129. The maximum absolute atomic E-state index is 13.9. The number of Topliss-reactive ketones (excluding diaryl/α,β-unsaturated/α-hetero) is 1. The van der Waals surface area contributed by atoms with Crippen molar-refractivity contribution in [1.29, 1.82) is 0 Å². The van der Waals surface area contributed by atoms with E-state index in [0.29, 0.717) is 39.7 Å². The second-order valence-electron chi connectivity index (χ2n) is 7.15. The summed E-state index contributed by atoms with van der Waals surface area (Å²) in [5.41, 5.74) is 1.51. The fraction of sp³-hybridized carbons (Fsp3) is 0.160. The van der Waals surface area contributed by atoms with Crippen LogP contribution in [0.15, 0.2) is 54.3 Å². The third-order valence-corrected chi connectivity index (χ3v) is 5.12. The molecule has 0 spiro atoms. The highest BCUT2D eigenvalue weighted by atomic mass is 19.1. The molecular weight excluding hydrogens is 418 g/mol. The number of benzene rings is 3. The molecule has 164 valence electrons. The van der Waals surface area contributed by atoms with E-state index in [1.54, 1.807) is 44.4 Å². The number of ether oxygens (including phenoxy) is 4. The Morgan fingerprint density at radius 1 is 0.969 bits per heavy atom. The van der Waals surface area contributed by atoms with Crippen molar-refractivity contribution in [3.8, 4) is 23.0 Å². The molecule has 32 heavy (non-hydrogen) atoms. The lowest BCUT2D eigenvalue weighted by Crippen LogP contribution is -2.02. The van der Waals surface area contributed by atoms with Crippen LogP contribution in [0.4, 0.5) is 8.78 Å². The van der Waals surface area contributed by atoms with Crippen LogP contribution in [0, 0.1) is 18.6 Å². The molecular formula is C25H20F2O5. The molecule has 1 heterocycles. The maximum atomic E-state index is 13.9. The molecule has 0 atom stereocenters. The Morgan fingerprint density at radius 3 is 2.41 bits per heavy atom. The van der Waals surface area contributed by atoms with E-state index < -0.39 is 11.6 Å². The highest BCUT2D eigenvalue weighted by molar-refractivity contribution is 6.15. The third-order valence-electron chi connectivity index (χ3n) is 5.12.